The smallest absolute Gasteiger partial charge is 0.224 e. The number of nitrogens with one attached hydrogen (secondary N) is 1. The van der Waals surface area contributed by atoms with E-state index >= 15 is 0 Å². The summed E-state index contributed by atoms with van der Waals surface area (Å²) in [6.07, 6.45) is 3.09. The van der Waals surface area contributed by atoms with Gasteiger partial charge in [-0.25, -0.2) is 4.39 Å². The predicted octanol–water partition coefficient (Wildman–Crippen LogP) is 4.16. The molecule has 2 aromatic rings. The van der Waals surface area contributed by atoms with E-state index in [0.717, 1.165) is 29.3 Å². The van der Waals surface area contributed by atoms with Gasteiger partial charge in [0, 0.05) is 18.7 Å². The number of carbonyl (C=O) groups is 1. The molecule has 0 aliphatic carbocycles. The van der Waals surface area contributed by atoms with E-state index in [1.165, 1.54) is 38.1 Å². The lowest BCUT2D eigenvalue weighted by molar-refractivity contribution is -0.118. The largest absolute Gasteiger partial charge is 0.326 e. The van der Waals surface area contributed by atoms with Crippen molar-refractivity contribution in [3.8, 4) is 11.1 Å². The van der Waals surface area contributed by atoms with Gasteiger partial charge in [0.2, 0.25) is 5.91 Å². The molecular weight excluding hydrogens is 315 g/mol. The standard InChI is InChI=1S/C21H23FN2O/c22-19-5-1-15(2-6-19)16-3-7-20(8-4-16)23-21(25)13-18-14-24-11-9-17(18)10-12-24/h1-8,17-18H,9-14H2,(H,23,25). The lowest BCUT2D eigenvalue weighted by Gasteiger charge is -2.44. The Kier molecular flexibility index (Phi) is 4.53. The Balaban J connectivity index is 1.36. The average molecular weight is 338 g/mol. The Morgan fingerprint density at radius 3 is 2.16 bits per heavy atom. The summed E-state index contributed by atoms with van der Waals surface area (Å²) in [5.41, 5.74) is 2.79. The Bertz CT molecular complexity index is 733. The van der Waals surface area contributed by atoms with Crippen molar-refractivity contribution < 1.29 is 9.18 Å². The molecule has 3 nitrogen and oxygen atoms in total. The minimum Gasteiger partial charge on any atom is -0.326 e. The van der Waals surface area contributed by atoms with Crippen molar-refractivity contribution in [2.75, 3.05) is 25.0 Å². The molecule has 1 amide bonds. The summed E-state index contributed by atoms with van der Waals surface area (Å²) in [5.74, 6) is 1.09. The number of rotatable bonds is 4. The molecule has 0 spiro atoms. The van der Waals surface area contributed by atoms with Crippen molar-refractivity contribution in [1.29, 1.82) is 0 Å². The van der Waals surface area contributed by atoms with Crippen molar-refractivity contribution >= 4 is 11.6 Å². The van der Waals surface area contributed by atoms with Gasteiger partial charge < -0.3 is 10.2 Å². The van der Waals surface area contributed by atoms with E-state index in [0.29, 0.717) is 12.3 Å². The van der Waals surface area contributed by atoms with E-state index in [-0.39, 0.29) is 11.7 Å². The van der Waals surface area contributed by atoms with Crippen molar-refractivity contribution in [3.63, 3.8) is 0 Å². The van der Waals surface area contributed by atoms with Crippen molar-refractivity contribution in [3.05, 3.63) is 54.3 Å². The van der Waals surface area contributed by atoms with Gasteiger partial charge in [-0.1, -0.05) is 24.3 Å². The van der Waals surface area contributed by atoms with Crippen molar-refractivity contribution in [1.82, 2.24) is 4.90 Å². The van der Waals surface area contributed by atoms with E-state index in [4.69, 9.17) is 0 Å². The van der Waals surface area contributed by atoms with Gasteiger partial charge in [0.1, 0.15) is 5.82 Å². The molecule has 1 atom stereocenters. The van der Waals surface area contributed by atoms with E-state index in [1.807, 2.05) is 24.3 Å². The zero-order valence-corrected chi connectivity index (χ0v) is 14.2. The minimum atomic E-state index is -0.236. The first-order valence-electron chi connectivity index (χ1n) is 9.05. The van der Waals surface area contributed by atoms with Gasteiger partial charge in [0.15, 0.2) is 0 Å². The number of fused-ring (bicyclic) bond motifs is 3. The number of carbonyl (C=O) groups excluding carboxylic acids is 1. The van der Waals surface area contributed by atoms with E-state index in [2.05, 4.69) is 10.2 Å². The molecule has 3 fully saturated rings. The molecule has 3 aliphatic rings. The molecule has 5 rings (SSSR count). The van der Waals surface area contributed by atoms with Gasteiger partial charge >= 0.3 is 0 Å². The minimum absolute atomic E-state index is 0.105. The lowest BCUT2D eigenvalue weighted by atomic mass is 9.77. The fourth-order valence-electron chi connectivity index (χ4n) is 4.16. The molecule has 4 heteroatoms. The normalized spacial score (nSPS) is 24.9. The van der Waals surface area contributed by atoms with Crippen LogP contribution in [0.1, 0.15) is 19.3 Å². The maximum atomic E-state index is 13.0. The molecule has 3 heterocycles. The Labute approximate surface area is 147 Å². The van der Waals surface area contributed by atoms with Gasteiger partial charge in [-0.05, 0) is 73.2 Å². The van der Waals surface area contributed by atoms with Crippen molar-refractivity contribution in [2.24, 2.45) is 11.8 Å². The molecule has 3 saturated heterocycles. The highest BCUT2D eigenvalue weighted by Crippen LogP contribution is 2.34. The van der Waals surface area contributed by atoms with Crippen LogP contribution in [0.4, 0.5) is 10.1 Å². The van der Waals surface area contributed by atoms with Gasteiger partial charge in [0.25, 0.3) is 0 Å². The SMILES string of the molecule is O=C(CC1CN2CCC1CC2)Nc1ccc(-c2ccc(F)cc2)cc1. The van der Waals surface area contributed by atoms with Gasteiger partial charge in [-0.3, -0.25) is 4.79 Å². The van der Waals surface area contributed by atoms with Crippen LogP contribution in [0.2, 0.25) is 0 Å². The van der Waals surface area contributed by atoms with Crippen LogP contribution in [0, 0.1) is 17.7 Å². The second-order valence-electron chi connectivity index (χ2n) is 7.23. The van der Waals surface area contributed by atoms with Gasteiger partial charge in [0.05, 0.1) is 0 Å². The van der Waals surface area contributed by atoms with Crippen molar-refractivity contribution in [2.45, 2.75) is 19.3 Å². The first kappa shape index (κ1) is 16.3. The predicted molar refractivity (Wildman–Crippen MR) is 97.7 cm³/mol. The maximum absolute atomic E-state index is 13.0. The number of halogens is 1. The third-order valence-corrected chi connectivity index (χ3v) is 5.59. The molecule has 2 bridgehead atoms. The summed E-state index contributed by atoms with van der Waals surface area (Å²) in [4.78, 5) is 14.9. The third kappa shape index (κ3) is 3.74. The van der Waals surface area contributed by atoms with Crippen LogP contribution >= 0.6 is 0 Å². The summed E-state index contributed by atoms with van der Waals surface area (Å²) in [6.45, 7) is 3.48. The highest BCUT2D eigenvalue weighted by atomic mass is 19.1. The zero-order chi connectivity index (χ0) is 17.2. The molecule has 3 aliphatic heterocycles. The second-order valence-corrected chi connectivity index (χ2v) is 7.23. The number of hydrogen-bond acceptors (Lipinski definition) is 2. The topological polar surface area (TPSA) is 32.3 Å². The zero-order valence-electron chi connectivity index (χ0n) is 14.2. The molecule has 0 saturated carbocycles. The van der Waals surface area contributed by atoms with Crippen LogP contribution in [0.25, 0.3) is 11.1 Å². The van der Waals surface area contributed by atoms with Gasteiger partial charge in [-0.15, -0.1) is 0 Å². The molecule has 1 N–H and O–H groups in total. The van der Waals surface area contributed by atoms with Crippen LogP contribution in [-0.2, 0) is 4.79 Å². The van der Waals surface area contributed by atoms with Crippen LogP contribution in [-0.4, -0.2) is 30.4 Å². The van der Waals surface area contributed by atoms with E-state index in [1.54, 1.807) is 12.1 Å². The quantitative estimate of drug-likeness (QED) is 0.908. The summed E-state index contributed by atoms with van der Waals surface area (Å²) < 4.78 is 13.0. The van der Waals surface area contributed by atoms with E-state index in [9.17, 15) is 9.18 Å². The number of benzene rings is 2. The summed E-state index contributed by atoms with van der Waals surface area (Å²) >= 11 is 0. The fraction of sp³-hybridized carbons (Fsp3) is 0.381. The fourth-order valence-corrected chi connectivity index (χ4v) is 4.16. The molecule has 130 valence electrons. The summed E-state index contributed by atoms with van der Waals surface area (Å²) in [7, 11) is 0. The molecule has 0 aromatic heterocycles. The van der Waals surface area contributed by atoms with Crippen LogP contribution in [0.3, 0.4) is 0 Å². The van der Waals surface area contributed by atoms with Gasteiger partial charge in [-0.2, -0.15) is 0 Å². The maximum Gasteiger partial charge on any atom is 0.224 e. The molecular formula is C21H23FN2O. The molecule has 25 heavy (non-hydrogen) atoms. The number of anilines is 1. The van der Waals surface area contributed by atoms with Crippen LogP contribution in [0.15, 0.2) is 48.5 Å². The number of piperidine rings is 3. The summed E-state index contributed by atoms with van der Waals surface area (Å²) in [6, 6.07) is 14.2. The number of nitrogens with zero attached hydrogens (tertiary/aromatic N) is 1. The highest BCUT2D eigenvalue weighted by molar-refractivity contribution is 5.91. The number of amides is 1. The average Bonchev–Trinajstić information content (AvgIpc) is 2.64. The molecule has 2 aromatic carbocycles. The number of hydrogen-bond donors (Lipinski definition) is 1. The molecule has 0 radical (unpaired) electrons. The third-order valence-electron chi connectivity index (χ3n) is 5.59. The van der Waals surface area contributed by atoms with Crippen LogP contribution < -0.4 is 5.32 Å². The Morgan fingerprint density at radius 1 is 1.00 bits per heavy atom. The summed E-state index contributed by atoms with van der Waals surface area (Å²) in [5, 5.41) is 3.02. The first-order chi connectivity index (χ1) is 12.2. The Morgan fingerprint density at radius 2 is 1.60 bits per heavy atom. The lowest BCUT2D eigenvalue weighted by Crippen LogP contribution is -2.48. The Hall–Kier alpha value is -2.20. The first-order valence-corrected chi connectivity index (χ1v) is 9.05. The second kappa shape index (κ2) is 6.96. The monoisotopic (exact) mass is 338 g/mol. The van der Waals surface area contributed by atoms with Crippen LogP contribution in [0.5, 0.6) is 0 Å². The highest BCUT2D eigenvalue weighted by Gasteiger charge is 2.34. The van der Waals surface area contributed by atoms with E-state index < -0.39 is 0 Å². The molecule has 1 unspecified atom stereocenters.